The van der Waals surface area contributed by atoms with Crippen LogP contribution in [0.5, 0.6) is 5.88 Å². The predicted molar refractivity (Wildman–Crippen MR) is 111 cm³/mol. The molecule has 1 fully saturated rings. The lowest BCUT2D eigenvalue weighted by atomic mass is 10.1. The van der Waals surface area contributed by atoms with Gasteiger partial charge in [-0.05, 0) is 18.6 Å². The third-order valence-electron chi connectivity index (χ3n) is 4.86. The molecule has 0 unspecified atom stereocenters. The first-order valence-corrected chi connectivity index (χ1v) is 11.2. The minimum atomic E-state index is -4.72. The number of piperidine rings is 1. The minimum Gasteiger partial charge on any atom is -0.474 e. The molecule has 1 aliphatic heterocycles. The third-order valence-corrected chi connectivity index (χ3v) is 5.62. The summed E-state index contributed by atoms with van der Waals surface area (Å²) in [5.41, 5.74) is -2.05. The summed E-state index contributed by atoms with van der Waals surface area (Å²) in [5.74, 6) is -0.477. The summed E-state index contributed by atoms with van der Waals surface area (Å²) in [6, 6.07) is 2.94. The van der Waals surface area contributed by atoms with E-state index < -0.39 is 35.6 Å². The van der Waals surface area contributed by atoms with Crippen molar-refractivity contribution >= 4 is 34.3 Å². The smallest absolute Gasteiger partial charge is 0.435 e. The van der Waals surface area contributed by atoms with Crippen molar-refractivity contribution in [3.8, 4) is 5.88 Å². The summed E-state index contributed by atoms with van der Waals surface area (Å²) in [4.78, 5) is 17.9. The molecule has 0 bridgehead atoms. The van der Waals surface area contributed by atoms with Gasteiger partial charge in [0, 0.05) is 49.0 Å². The predicted octanol–water partition coefficient (Wildman–Crippen LogP) is 5.22. The third kappa shape index (κ3) is 6.04. The average molecular weight is 576 g/mol. The molecule has 0 atom stereocenters. The fourth-order valence-electron chi connectivity index (χ4n) is 3.20. The van der Waals surface area contributed by atoms with Gasteiger partial charge in [-0.2, -0.15) is 36.1 Å². The molecule has 0 N–H and O–H groups in total. The highest BCUT2D eigenvalue weighted by Gasteiger charge is 2.37. The summed E-state index contributed by atoms with van der Waals surface area (Å²) >= 11 is 2.06. The molecule has 1 aliphatic rings. The Balaban J connectivity index is 1.66. The molecule has 176 valence electrons. The fraction of sp³-hybridized carbons (Fsp3) is 0.526. The van der Waals surface area contributed by atoms with Crippen LogP contribution >= 0.6 is 22.6 Å². The number of ether oxygens (including phenoxy) is 1. The highest BCUT2D eigenvalue weighted by Crippen LogP contribution is 2.33. The molecule has 0 saturated carbocycles. The Labute approximate surface area is 193 Å². The Kier molecular flexibility index (Phi) is 7.55. The largest absolute Gasteiger partial charge is 0.474 e. The summed E-state index contributed by atoms with van der Waals surface area (Å²) in [6.45, 7) is 0.762. The highest BCUT2D eigenvalue weighted by molar-refractivity contribution is 14.1. The lowest BCUT2D eigenvalue weighted by Gasteiger charge is -2.32. The number of hydrogen-bond donors (Lipinski definition) is 0. The van der Waals surface area contributed by atoms with Gasteiger partial charge in [-0.1, -0.05) is 22.6 Å². The standard InChI is InChI=1S/C19H19F6IN4O2/c20-18(21,22)12-3-4-15(27-11-12)29-8-5-13(6-9-29)32-17-10-14(19(23,24)25)28-30(17)16(31)2-1-7-26/h3-4,10-11,13H,1-2,5-9H2. The lowest BCUT2D eigenvalue weighted by molar-refractivity contribution is -0.141. The number of hydrogen-bond acceptors (Lipinski definition) is 5. The van der Waals surface area contributed by atoms with Crippen LogP contribution in [-0.4, -0.2) is 44.3 Å². The molecule has 3 heterocycles. The number of anilines is 1. The van der Waals surface area contributed by atoms with Crippen LogP contribution in [0, 0.1) is 0 Å². The molecule has 2 aromatic heterocycles. The van der Waals surface area contributed by atoms with E-state index in [4.69, 9.17) is 4.74 Å². The molecule has 0 aromatic carbocycles. The molecule has 32 heavy (non-hydrogen) atoms. The van der Waals surface area contributed by atoms with E-state index >= 15 is 0 Å². The summed E-state index contributed by atoms with van der Waals surface area (Å²) in [7, 11) is 0. The van der Waals surface area contributed by atoms with Crippen molar-refractivity contribution in [2.75, 3.05) is 22.4 Å². The van der Waals surface area contributed by atoms with Gasteiger partial charge in [0.15, 0.2) is 5.69 Å². The van der Waals surface area contributed by atoms with Crippen LogP contribution in [0.1, 0.15) is 41.7 Å². The van der Waals surface area contributed by atoms with E-state index in [0.29, 0.717) is 53.3 Å². The van der Waals surface area contributed by atoms with Crippen LogP contribution < -0.4 is 9.64 Å². The molecule has 0 amide bonds. The van der Waals surface area contributed by atoms with Gasteiger partial charge >= 0.3 is 12.4 Å². The van der Waals surface area contributed by atoms with Crippen molar-refractivity contribution in [3.63, 3.8) is 0 Å². The molecule has 1 saturated heterocycles. The molecule has 0 spiro atoms. The number of rotatable bonds is 6. The van der Waals surface area contributed by atoms with E-state index in [1.807, 2.05) is 0 Å². The Morgan fingerprint density at radius 2 is 1.81 bits per heavy atom. The van der Waals surface area contributed by atoms with Gasteiger partial charge in [0.1, 0.15) is 11.9 Å². The SMILES string of the molecule is O=C(CCCI)n1nc(C(F)(F)F)cc1OC1CCN(c2ccc(C(F)(F)F)cn2)CC1. The fourth-order valence-corrected chi connectivity index (χ4v) is 3.58. The second-order valence-electron chi connectivity index (χ2n) is 7.17. The zero-order valence-electron chi connectivity index (χ0n) is 16.6. The van der Waals surface area contributed by atoms with Gasteiger partial charge in [-0.3, -0.25) is 4.79 Å². The Morgan fingerprint density at radius 3 is 2.34 bits per heavy atom. The van der Waals surface area contributed by atoms with Gasteiger partial charge in [-0.15, -0.1) is 0 Å². The zero-order valence-corrected chi connectivity index (χ0v) is 18.7. The first kappa shape index (κ1) is 24.6. The monoisotopic (exact) mass is 576 g/mol. The topological polar surface area (TPSA) is 60.3 Å². The maximum atomic E-state index is 13.1. The molecular formula is C19H19F6IN4O2. The highest BCUT2D eigenvalue weighted by atomic mass is 127. The Bertz CT molecular complexity index is 921. The molecule has 2 aromatic rings. The normalized spacial score (nSPS) is 15.8. The van der Waals surface area contributed by atoms with Gasteiger partial charge < -0.3 is 9.64 Å². The van der Waals surface area contributed by atoms with E-state index in [9.17, 15) is 31.1 Å². The van der Waals surface area contributed by atoms with Crippen molar-refractivity contribution in [1.82, 2.24) is 14.8 Å². The number of alkyl halides is 7. The second kappa shape index (κ2) is 9.83. The van der Waals surface area contributed by atoms with Crippen molar-refractivity contribution in [3.05, 3.63) is 35.7 Å². The second-order valence-corrected chi connectivity index (χ2v) is 8.25. The van der Waals surface area contributed by atoms with Crippen molar-refractivity contribution in [2.45, 2.75) is 44.1 Å². The maximum Gasteiger partial charge on any atom is 0.435 e. The number of carbonyl (C=O) groups excluding carboxylic acids is 1. The zero-order chi connectivity index (χ0) is 23.5. The van der Waals surface area contributed by atoms with Crippen molar-refractivity contribution < 1.29 is 35.9 Å². The quantitative estimate of drug-likeness (QED) is 0.268. The molecule has 0 aliphatic carbocycles. The minimum absolute atomic E-state index is 0.0380. The van der Waals surface area contributed by atoms with Crippen LogP contribution in [0.15, 0.2) is 24.4 Å². The van der Waals surface area contributed by atoms with Crippen molar-refractivity contribution in [2.24, 2.45) is 0 Å². The molecule has 13 heteroatoms. The summed E-state index contributed by atoms with van der Waals surface area (Å²) in [5, 5.41) is 3.39. The van der Waals surface area contributed by atoms with Crippen LogP contribution in [0.3, 0.4) is 0 Å². The van der Waals surface area contributed by atoms with E-state index in [1.165, 1.54) is 6.07 Å². The van der Waals surface area contributed by atoms with Crippen molar-refractivity contribution in [1.29, 1.82) is 0 Å². The lowest BCUT2D eigenvalue weighted by Crippen LogP contribution is -2.39. The van der Waals surface area contributed by atoms with E-state index in [0.717, 1.165) is 12.3 Å². The van der Waals surface area contributed by atoms with Gasteiger partial charge in [0.25, 0.3) is 0 Å². The molecular weight excluding hydrogens is 557 g/mol. The van der Waals surface area contributed by atoms with Crippen LogP contribution in [0.4, 0.5) is 32.2 Å². The van der Waals surface area contributed by atoms with E-state index in [1.54, 1.807) is 4.90 Å². The first-order chi connectivity index (χ1) is 15.0. The van der Waals surface area contributed by atoms with Gasteiger partial charge in [-0.25, -0.2) is 4.98 Å². The number of aromatic nitrogens is 3. The van der Waals surface area contributed by atoms with E-state index in [-0.39, 0.29) is 12.3 Å². The molecule has 0 radical (unpaired) electrons. The van der Waals surface area contributed by atoms with E-state index in [2.05, 4.69) is 32.7 Å². The average Bonchev–Trinajstić information content (AvgIpc) is 3.16. The Hall–Kier alpha value is -2.06. The number of pyridine rings is 1. The maximum absolute atomic E-state index is 13.1. The summed E-state index contributed by atoms with van der Waals surface area (Å²) in [6.07, 6.45) is -7.60. The van der Waals surface area contributed by atoms with Gasteiger partial charge in [0.05, 0.1) is 5.56 Å². The molecule has 6 nitrogen and oxygen atoms in total. The Morgan fingerprint density at radius 1 is 1.12 bits per heavy atom. The first-order valence-electron chi connectivity index (χ1n) is 9.70. The van der Waals surface area contributed by atoms with Crippen LogP contribution in [-0.2, 0) is 12.4 Å². The summed E-state index contributed by atoms with van der Waals surface area (Å²) < 4.78 is 84.3. The molecule has 3 rings (SSSR count). The number of carbonyl (C=O) groups is 1. The number of halogens is 7. The number of nitrogens with zero attached hydrogens (tertiary/aromatic N) is 4. The van der Waals surface area contributed by atoms with Crippen LogP contribution in [0.2, 0.25) is 0 Å². The van der Waals surface area contributed by atoms with Crippen LogP contribution in [0.25, 0.3) is 0 Å². The van der Waals surface area contributed by atoms with Gasteiger partial charge in [0.2, 0.25) is 11.8 Å².